The number of halogens is 2. The van der Waals surface area contributed by atoms with E-state index < -0.39 is 0 Å². The lowest BCUT2D eigenvalue weighted by atomic mass is 9.91. The maximum atomic E-state index is 11.6. The van der Waals surface area contributed by atoms with E-state index >= 15 is 0 Å². The number of alkyl halides is 2. The minimum Gasteiger partial charge on any atom is -0.469 e. The molecule has 1 N–H and O–H groups in total. The summed E-state index contributed by atoms with van der Waals surface area (Å²) in [5.41, 5.74) is 3.29. The van der Waals surface area contributed by atoms with Gasteiger partial charge in [-0.2, -0.15) is 0 Å². The highest BCUT2D eigenvalue weighted by molar-refractivity contribution is 6.64. The fourth-order valence-electron chi connectivity index (χ4n) is 2.63. The quantitative estimate of drug-likeness (QED) is 0.257. The molecule has 0 aliphatic carbocycles. The first-order chi connectivity index (χ1) is 12.0. The lowest BCUT2D eigenvalue weighted by Gasteiger charge is -2.25. The Bertz CT molecular complexity index is 555. The van der Waals surface area contributed by atoms with Crippen LogP contribution in [0.5, 0.6) is 0 Å². The van der Waals surface area contributed by atoms with Crippen LogP contribution in [0.25, 0.3) is 0 Å². The maximum Gasteiger partial charge on any atom is 0.307 e. The molecular formula is C17H25BCl2N2O3. The first kappa shape index (κ1) is 21.8. The summed E-state index contributed by atoms with van der Waals surface area (Å²) in [4.78, 5) is 24.4. The molecule has 0 heterocycles. The number of carbonyl (C=O) groups is 2. The van der Waals surface area contributed by atoms with Gasteiger partial charge >= 0.3 is 5.97 Å². The first-order valence-corrected chi connectivity index (χ1v) is 9.32. The molecule has 1 aromatic rings. The van der Waals surface area contributed by atoms with E-state index in [-0.39, 0.29) is 25.8 Å². The number of anilines is 1. The van der Waals surface area contributed by atoms with Crippen molar-refractivity contribution < 1.29 is 14.3 Å². The van der Waals surface area contributed by atoms with E-state index in [0.717, 1.165) is 23.0 Å². The van der Waals surface area contributed by atoms with Crippen LogP contribution in [0.15, 0.2) is 18.2 Å². The largest absolute Gasteiger partial charge is 0.469 e. The van der Waals surface area contributed by atoms with Crippen molar-refractivity contribution in [1.82, 2.24) is 5.23 Å². The van der Waals surface area contributed by atoms with E-state index in [2.05, 4.69) is 22.3 Å². The highest BCUT2D eigenvalue weighted by atomic mass is 35.5. The monoisotopic (exact) mass is 386 g/mol. The van der Waals surface area contributed by atoms with Crippen LogP contribution in [-0.2, 0) is 20.7 Å². The Morgan fingerprint density at radius 1 is 1.36 bits per heavy atom. The Morgan fingerprint density at radius 2 is 2.04 bits per heavy atom. The molecule has 0 saturated heterocycles. The number of aryl methyl sites for hydroxylation is 1. The van der Waals surface area contributed by atoms with Gasteiger partial charge in [-0.1, -0.05) is 6.07 Å². The van der Waals surface area contributed by atoms with Gasteiger partial charge < -0.3 is 19.7 Å². The van der Waals surface area contributed by atoms with E-state index in [1.807, 2.05) is 13.0 Å². The number of nitrogens with one attached hydrogen (secondary N) is 1. The summed E-state index contributed by atoms with van der Waals surface area (Å²) in [5.74, 6) is 0.737. The van der Waals surface area contributed by atoms with Crippen LogP contribution in [-0.4, -0.2) is 57.6 Å². The van der Waals surface area contributed by atoms with Gasteiger partial charge in [0, 0.05) is 36.6 Å². The molecule has 8 heteroatoms. The molecule has 1 atom stereocenters. The van der Waals surface area contributed by atoms with Crippen LogP contribution >= 0.6 is 23.2 Å². The Morgan fingerprint density at radius 3 is 2.60 bits per heavy atom. The number of esters is 1. The summed E-state index contributed by atoms with van der Waals surface area (Å²) < 4.78 is 4.75. The average molecular weight is 387 g/mol. The molecule has 138 valence electrons. The third kappa shape index (κ3) is 7.67. The summed E-state index contributed by atoms with van der Waals surface area (Å²) >= 11 is 11.8. The molecule has 0 bridgehead atoms. The van der Waals surface area contributed by atoms with Crippen molar-refractivity contribution in [3.05, 3.63) is 29.3 Å². The summed E-state index contributed by atoms with van der Waals surface area (Å²) in [7, 11) is 1.56. The van der Waals surface area contributed by atoms with Crippen molar-refractivity contribution in [2.45, 2.75) is 25.8 Å². The Balaban J connectivity index is 2.97. The van der Waals surface area contributed by atoms with Crippen LogP contribution in [0, 0.1) is 6.92 Å². The SMILES string of the molecule is COC(=O)C[C@@H](Cc1cc(N(CCCl)CCCl)ccc1C)NBC=O. The van der Waals surface area contributed by atoms with Crippen LogP contribution in [0.2, 0.25) is 0 Å². The van der Waals surface area contributed by atoms with Gasteiger partial charge in [0.05, 0.1) is 19.7 Å². The zero-order valence-corrected chi connectivity index (χ0v) is 16.3. The Labute approximate surface area is 160 Å². The predicted molar refractivity (Wildman–Crippen MR) is 106 cm³/mol. The number of hydrogen-bond donors (Lipinski definition) is 1. The lowest BCUT2D eigenvalue weighted by molar-refractivity contribution is -0.141. The smallest absolute Gasteiger partial charge is 0.307 e. The number of benzene rings is 1. The van der Waals surface area contributed by atoms with Crippen molar-refractivity contribution in [3.63, 3.8) is 0 Å². The van der Waals surface area contributed by atoms with Gasteiger partial charge in [0.25, 0.3) is 7.41 Å². The van der Waals surface area contributed by atoms with E-state index in [1.165, 1.54) is 7.11 Å². The molecule has 1 rings (SSSR count). The van der Waals surface area contributed by atoms with Gasteiger partial charge in [0.1, 0.15) is 0 Å². The molecular weight excluding hydrogens is 362 g/mol. The molecule has 0 amide bonds. The second-order valence-corrected chi connectivity index (χ2v) is 6.49. The molecule has 0 unspecified atom stereocenters. The number of methoxy groups -OCH3 is 1. The third-order valence-corrected chi connectivity index (χ3v) is 4.34. The molecule has 25 heavy (non-hydrogen) atoms. The van der Waals surface area contributed by atoms with E-state index in [9.17, 15) is 9.59 Å². The van der Waals surface area contributed by atoms with E-state index in [4.69, 9.17) is 27.9 Å². The second-order valence-electron chi connectivity index (χ2n) is 5.73. The van der Waals surface area contributed by atoms with E-state index in [1.54, 1.807) is 0 Å². The summed E-state index contributed by atoms with van der Waals surface area (Å²) in [6.45, 7) is 3.46. The van der Waals surface area contributed by atoms with E-state index in [0.29, 0.717) is 31.3 Å². The van der Waals surface area contributed by atoms with Crippen molar-refractivity contribution in [1.29, 1.82) is 0 Å². The minimum absolute atomic E-state index is 0.166. The molecule has 0 saturated carbocycles. The summed E-state index contributed by atoms with van der Waals surface area (Å²) in [5, 5.41) is 3.08. The number of ether oxygens (including phenoxy) is 1. The molecule has 0 aliphatic rings. The zero-order valence-electron chi connectivity index (χ0n) is 14.8. The topological polar surface area (TPSA) is 58.6 Å². The minimum atomic E-state index is -0.303. The standard InChI is InChI=1S/C17H25BCl2N2O3/c1-13-3-4-16(22(7-5-19)8-6-20)10-14(13)9-15(21-18-12-23)11-17(24)25-2/h3-4,10,12,15,18,21H,5-9,11H2,1-2H3/t15-/m1/s1. The highest BCUT2D eigenvalue weighted by Gasteiger charge is 2.17. The molecule has 0 spiro atoms. The number of rotatable bonds is 12. The predicted octanol–water partition coefficient (Wildman–Crippen LogP) is 1.88. The number of nitrogens with zero attached hydrogens (tertiary/aromatic N) is 1. The number of carbonyl (C=O) groups excluding carboxylic acids is 2. The fraction of sp³-hybridized carbons (Fsp3) is 0.529. The molecule has 5 nitrogen and oxygen atoms in total. The van der Waals surface area contributed by atoms with Crippen LogP contribution in [0.1, 0.15) is 17.5 Å². The Kier molecular flexibility index (Phi) is 10.6. The van der Waals surface area contributed by atoms with Crippen molar-refractivity contribution >= 4 is 48.5 Å². The van der Waals surface area contributed by atoms with Gasteiger partial charge in [-0.25, -0.2) is 0 Å². The fourth-order valence-corrected chi connectivity index (χ4v) is 3.04. The second kappa shape index (κ2) is 12.2. The molecule has 0 aliphatic heterocycles. The van der Waals surface area contributed by atoms with Gasteiger partial charge in [-0.05, 0) is 36.6 Å². The van der Waals surface area contributed by atoms with Crippen LogP contribution < -0.4 is 10.1 Å². The molecule has 1 aromatic carbocycles. The van der Waals surface area contributed by atoms with Crippen molar-refractivity contribution in [2.24, 2.45) is 0 Å². The zero-order chi connectivity index (χ0) is 18.7. The van der Waals surface area contributed by atoms with Gasteiger partial charge in [-0.3, -0.25) is 4.79 Å². The lowest BCUT2D eigenvalue weighted by Crippen LogP contribution is -2.37. The summed E-state index contributed by atoms with van der Waals surface area (Å²) in [6.07, 6.45) is 1.62. The molecule has 0 radical (unpaired) electrons. The normalized spacial score (nSPS) is 11.7. The first-order valence-electron chi connectivity index (χ1n) is 8.25. The summed E-state index contributed by atoms with van der Waals surface area (Å²) in [6, 6.07) is 6.03. The van der Waals surface area contributed by atoms with Crippen molar-refractivity contribution in [3.8, 4) is 0 Å². The highest BCUT2D eigenvalue weighted by Crippen LogP contribution is 2.21. The van der Waals surface area contributed by atoms with Gasteiger partial charge in [0.2, 0.25) is 0 Å². The third-order valence-electron chi connectivity index (χ3n) is 4.00. The number of hydrogen-bond acceptors (Lipinski definition) is 5. The van der Waals surface area contributed by atoms with Gasteiger partial charge in [0.15, 0.2) is 0 Å². The Hall–Kier alpha value is -1.24. The van der Waals surface area contributed by atoms with Crippen molar-refractivity contribution in [2.75, 3.05) is 36.9 Å². The molecule has 0 fully saturated rings. The van der Waals surface area contributed by atoms with Crippen LogP contribution in [0.3, 0.4) is 0 Å². The van der Waals surface area contributed by atoms with Crippen LogP contribution in [0.4, 0.5) is 5.69 Å². The maximum absolute atomic E-state index is 11.6. The molecule has 0 aromatic heterocycles. The van der Waals surface area contributed by atoms with Gasteiger partial charge in [-0.15, -0.1) is 23.2 Å². The average Bonchev–Trinajstić information content (AvgIpc) is 2.61.